The standard InChI is InChI=1S/C16H21N3O5/c1-15(2,3)24-14(23)19-13-17-8-10(9-18-13)16(12(21)22)6-4-11(20)5-7-16/h8-9H,4-7H2,1-3H3,(H,21,22)(H,17,18,19,23). The van der Waals surface area contributed by atoms with Crippen LogP contribution < -0.4 is 5.32 Å². The van der Waals surface area contributed by atoms with Crippen molar-refractivity contribution >= 4 is 23.8 Å². The third-order valence-corrected chi connectivity index (χ3v) is 3.89. The maximum atomic E-state index is 11.7. The molecule has 24 heavy (non-hydrogen) atoms. The summed E-state index contributed by atoms with van der Waals surface area (Å²) in [5.74, 6) is -0.900. The number of carbonyl (C=O) groups excluding carboxylic acids is 2. The van der Waals surface area contributed by atoms with Crippen molar-refractivity contribution < 1.29 is 24.2 Å². The first-order chi connectivity index (χ1) is 11.1. The average molecular weight is 335 g/mol. The van der Waals surface area contributed by atoms with Crippen molar-refractivity contribution in [1.29, 1.82) is 0 Å². The molecule has 1 saturated carbocycles. The molecule has 1 heterocycles. The van der Waals surface area contributed by atoms with Crippen LogP contribution in [0.4, 0.5) is 10.7 Å². The van der Waals surface area contributed by atoms with Crippen LogP contribution in [0.1, 0.15) is 52.0 Å². The molecule has 1 fully saturated rings. The predicted molar refractivity (Wildman–Crippen MR) is 84.7 cm³/mol. The van der Waals surface area contributed by atoms with Gasteiger partial charge in [-0.1, -0.05) is 0 Å². The largest absolute Gasteiger partial charge is 0.481 e. The molecule has 0 bridgehead atoms. The van der Waals surface area contributed by atoms with Crippen molar-refractivity contribution in [2.45, 2.75) is 57.5 Å². The number of ether oxygens (including phenoxy) is 1. The number of carboxylic acids is 1. The molecule has 1 amide bonds. The number of Topliss-reactive ketones (excluding diaryl/α,β-unsaturated/α-hetero) is 1. The average Bonchev–Trinajstić information content (AvgIpc) is 2.47. The molecule has 2 N–H and O–H groups in total. The number of amides is 1. The summed E-state index contributed by atoms with van der Waals surface area (Å²) in [5, 5.41) is 12.0. The quantitative estimate of drug-likeness (QED) is 0.869. The Labute approximate surface area is 139 Å². The Morgan fingerprint density at radius 1 is 1.21 bits per heavy atom. The van der Waals surface area contributed by atoms with Gasteiger partial charge in [-0.25, -0.2) is 14.8 Å². The summed E-state index contributed by atoms with van der Waals surface area (Å²) in [7, 11) is 0. The molecule has 1 aromatic rings. The molecule has 0 spiro atoms. The lowest BCUT2D eigenvalue weighted by Crippen LogP contribution is -2.40. The smallest absolute Gasteiger partial charge is 0.414 e. The SMILES string of the molecule is CC(C)(C)OC(=O)Nc1ncc(C2(C(=O)O)CCC(=O)CC2)cn1. The number of ketones is 1. The van der Waals surface area contributed by atoms with Crippen molar-refractivity contribution in [3.05, 3.63) is 18.0 Å². The van der Waals surface area contributed by atoms with Gasteiger partial charge in [-0.3, -0.25) is 14.9 Å². The van der Waals surface area contributed by atoms with E-state index in [0.717, 1.165) is 0 Å². The zero-order valence-corrected chi connectivity index (χ0v) is 14.0. The second-order valence-electron chi connectivity index (χ2n) is 6.85. The fourth-order valence-electron chi connectivity index (χ4n) is 2.62. The van der Waals surface area contributed by atoms with E-state index in [1.54, 1.807) is 20.8 Å². The fourth-order valence-corrected chi connectivity index (χ4v) is 2.62. The van der Waals surface area contributed by atoms with Gasteiger partial charge >= 0.3 is 12.1 Å². The molecule has 0 saturated heterocycles. The van der Waals surface area contributed by atoms with Crippen LogP contribution in [0.2, 0.25) is 0 Å². The van der Waals surface area contributed by atoms with Gasteiger partial charge in [0.05, 0.1) is 5.41 Å². The van der Waals surface area contributed by atoms with Gasteiger partial charge in [-0.2, -0.15) is 0 Å². The second-order valence-corrected chi connectivity index (χ2v) is 6.85. The van der Waals surface area contributed by atoms with Crippen LogP contribution in [-0.4, -0.2) is 38.5 Å². The molecule has 0 radical (unpaired) electrons. The Bertz CT molecular complexity index is 639. The molecule has 0 unspecified atom stereocenters. The van der Waals surface area contributed by atoms with E-state index in [9.17, 15) is 19.5 Å². The fraction of sp³-hybridized carbons (Fsp3) is 0.562. The molecule has 0 atom stereocenters. The number of nitrogens with one attached hydrogen (secondary N) is 1. The van der Waals surface area contributed by atoms with E-state index >= 15 is 0 Å². The Hall–Kier alpha value is -2.51. The lowest BCUT2D eigenvalue weighted by Gasteiger charge is -2.32. The van der Waals surface area contributed by atoms with Gasteiger partial charge in [0, 0.05) is 30.8 Å². The zero-order chi connectivity index (χ0) is 18.0. The van der Waals surface area contributed by atoms with E-state index < -0.39 is 23.1 Å². The Morgan fingerprint density at radius 2 is 1.75 bits per heavy atom. The molecule has 130 valence electrons. The van der Waals surface area contributed by atoms with E-state index in [1.165, 1.54) is 12.4 Å². The Kier molecular flexibility index (Phi) is 4.86. The highest BCUT2D eigenvalue weighted by molar-refractivity contribution is 5.87. The number of rotatable bonds is 3. The van der Waals surface area contributed by atoms with E-state index in [2.05, 4.69) is 15.3 Å². The summed E-state index contributed by atoms with van der Waals surface area (Å²) in [4.78, 5) is 42.8. The molecule has 1 aliphatic rings. The van der Waals surface area contributed by atoms with Crippen molar-refractivity contribution in [2.75, 3.05) is 5.32 Å². The van der Waals surface area contributed by atoms with Gasteiger partial charge in [-0.05, 0) is 33.6 Å². The number of hydrogen-bond acceptors (Lipinski definition) is 6. The number of nitrogens with zero attached hydrogens (tertiary/aromatic N) is 2. The maximum absolute atomic E-state index is 11.7. The number of hydrogen-bond donors (Lipinski definition) is 2. The lowest BCUT2D eigenvalue weighted by atomic mass is 9.70. The van der Waals surface area contributed by atoms with Crippen LogP contribution in [-0.2, 0) is 19.7 Å². The number of aromatic nitrogens is 2. The number of carboxylic acid groups (broad SMARTS) is 1. The van der Waals surface area contributed by atoms with Crippen LogP contribution in [0, 0.1) is 0 Å². The van der Waals surface area contributed by atoms with Crippen molar-refractivity contribution in [2.24, 2.45) is 0 Å². The molecule has 1 aliphatic carbocycles. The van der Waals surface area contributed by atoms with Gasteiger partial charge < -0.3 is 9.84 Å². The Morgan fingerprint density at radius 3 is 2.21 bits per heavy atom. The maximum Gasteiger partial charge on any atom is 0.414 e. The van der Waals surface area contributed by atoms with Gasteiger partial charge in [-0.15, -0.1) is 0 Å². The molecule has 8 heteroatoms. The number of carbonyl (C=O) groups is 3. The van der Waals surface area contributed by atoms with Gasteiger partial charge in [0.1, 0.15) is 11.4 Å². The van der Waals surface area contributed by atoms with E-state index in [0.29, 0.717) is 5.56 Å². The highest BCUT2D eigenvalue weighted by atomic mass is 16.6. The molecular weight excluding hydrogens is 314 g/mol. The van der Waals surface area contributed by atoms with E-state index in [1.807, 2.05) is 0 Å². The van der Waals surface area contributed by atoms with Gasteiger partial charge in [0.2, 0.25) is 5.95 Å². The van der Waals surface area contributed by atoms with E-state index in [4.69, 9.17) is 4.74 Å². The van der Waals surface area contributed by atoms with E-state index in [-0.39, 0.29) is 37.4 Å². The molecule has 0 aromatic carbocycles. The van der Waals surface area contributed by atoms with Crippen molar-refractivity contribution in [1.82, 2.24) is 9.97 Å². The Balaban J connectivity index is 2.14. The van der Waals surface area contributed by atoms with Crippen LogP contribution >= 0.6 is 0 Å². The predicted octanol–water partition coefficient (Wildman–Crippen LogP) is 2.29. The summed E-state index contributed by atoms with van der Waals surface area (Å²) in [6.45, 7) is 5.20. The minimum Gasteiger partial charge on any atom is -0.481 e. The highest BCUT2D eigenvalue weighted by Crippen LogP contribution is 2.38. The summed E-state index contributed by atoms with van der Waals surface area (Å²) in [6, 6.07) is 0. The zero-order valence-electron chi connectivity index (χ0n) is 14.0. The van der Waals surface area contributed by atoms with Gasteiger partial charge in [0.25, 0.3) is 0 Å². The third kappa shape index (κ3) is 4.06. The molecule has 1 aromatic heterocycles. The topological polar surface area (TPSA) is 118 Å². The van der Waals surface area contributed by atoms with Crippen molar-refractivity contribution in [3.8, 4) is 0 Å². The third-order valence-electron chi connectivity index (χ3n) is 3.89. The summed E-state index contributed by atoms with van der Waals surface area (Å²) in [6.07, 6.45) is 2.97. The number of anilines is 1. The first kappa shape index (κ1) is 17.8. The van der Waals surface area contributed by atoms with Crippen molar-refractivity contribution in [3.63, 3.8) is 0 Å². The summed E-state index contributed by atoms with van der Waals surface area (Å²) in [5.41, 5.74) is -1.37. The monoisotopic (exact) mass is 335 g/mol. The summed E-state index contributed by atoms with van der Waals surface area (Å²) >= 11 is 0. The molecule has 0 aliphatic heterocycles. The molecule has 8 nitrogen and oxygen atoms in total. The first-order valence-electron chi connectivity index (χ1n) is 7.70. The molecular formula is C16H21N3O5. The second kappa shape index (κ2) is 6.54. The van der Waals surface area contributed by atoms with Crippen LogP contribution in [0.3, 0.4) is 0 Å². The normalized spacial score (nSPS) is 17.2. The van der Waals surface area contributed by atoms with Crippen LogP contribution in [0.15, 0.2) is 12.4 Å². The highest BCUT2D eigenvalue weighted by Gasteiger charge is 2.43. The van der Waals surface area contributed by atoms with Crippen LogP contribution in [0.25, 0.3) is 0 Å². The minimum atomic E-state index is -1.15. The minimum absolute atomic E-state index is 0.0282. The van der Waals surface area contributed by atoms with Gasteiger partial charge in [0.15, 0.2) is 0 Å². The number of aliphatic carboxylic acids is 1. The summed E-state index contributed by atoms with van der Waals surface area (Å²) < 4.78 is 5.10. The lowest BCUT2D eigenvalue weighted by molar-refractivity contribution is -0.146. The van der Waals surface area contributed by atoms with Crippen LogP contribution in [0.5, 0.6) is 0 Å². The first-order valence-corrected chi connectivity index (χ1v) is 7.70. The molecule has 2 rings (SSSR count).